The number of likely N-dealkylation sites (tertiary alicyclic amines) is 1. The van der Waals surface area contributed by atoms with E-state index >= 15 is 0 Å². The van der Waals surface area contributed by atoms with Crippen molar-refractivity contribution in [1.29, 1.82) is 0 Å². The van der Waals surface area contributed by atoms with Crippen molar-refractivity contribution in [2.24, 2.45) is 0 Å². The predicted octanol–water partition coefficient (Wildman–Crippen LogP) is 2.50. The van der Waals surface area contributed by atoms with E-state index in [0.717, 1.165) is 25.9 Å². The fourth-order valence-corrected chi connectivity index (χ4v) is 2.35. The van der Waals surface area contributed by atoms with Gasteiger partial charge in [-0.15, -0.1) is 0 Å². The Kier molecular flexibility index (Phi) is 4.57. The predicted molar refractivity (Wildman–Crippen MR) is 74.0 cm³/mol. The van der Waals surface area contributed by atoms with Gasteiger partial charge >= 0.3 is 5.97 Å². The first-order chi connectivity index (χ1) is 9.47. The summed E-state index contributed by atoms with van der Waals surface area (Å²) in [6, 6.07) is 3.85. The van der Waals surface area contributed by atoms with Crippen LogP contribution in [0.3, 0.4) is 0 Å². The summed E-state index contributed by atoms with van der Waals surface area (Å²) in [5.41, 5.74) is 0.0158. The highest BCUT2D eigenvalue weighted by atomic mass is 35.5. The monoisotopic (exact) mass is 298 g/mol. The van der Waals surface area contributed by atoms with Crippen LogP contribution in [-0.2, 0) is 4.74 Å². The van der Waals surface area contributed by atoms with Gasteiger partial charge in [-0.05, 0) is 32.0 Å². The van der Waals surface area contributed by atoms with Gasteiger partial charge in [0.2, 0.25) is 0 Å². The van der Waals surface area contributed by atoms with Crippen LogP contribution < -0.4 is 0 Å². The van der Waals surface area contributed by atoms with Crippen LogP contribution in [0.2, 0.25) is 5.02 Å². The lowest BCUT2D eigenvalue weighted by Crippen LogP contribution is -2.35. The van der Waals surface area contributed by atoms with Crippen molar-refractivity contribution in [3.8, 4) is 0 Å². The number of ether oxygens (including phenoxy) is 1. The standard InChI is InChI=1S/C13H15ClN2O4/c1-15-6-4-10(5-7-15)20-13(17)9-2-3-12(16(18)19)11(14)8-9/h2-3,8,10H,4-7H2,1H3. The molecule has 0 spiro atoms. The Morgan fingerprint density at radius 2 is 2.10 bits per heavy atom. The average molecular weight is 299 g/mol. The molecular weight excluding hydrogens is 284 g/mol. The number of halogens is 1. The summed E-state index contributed by atoms with van der Waals surface area (Å²) in [4.78, 5) is 24.2. The summed E-state index contributed by atoms with van der Waals surface area (Å²) >= 11 is 5.77. The molecule has 0 aromatic heterocycles. The number of nitro groups is 1. The van der Waals surface area contributed by atoms with E-state index in [0.29, 0.717) is 0 Å². The molecule has 7 heteroatoms. The van der Waals surface area contributed by atoms with Gasteiger partial charge in [0.05, 0.1) is 10.5 Å². The van der Waals surface area contributed by atoms with Crippen LogP contribution >= 0.6 is 11.6 Å². The molecule has 0 bridgehead atoms. The van der Waals surface area contributed by atoms with Gasteiger partial charge in [0, 0.05) is 19.2 Å². The quantitative estimate of drug-likeness (QED) is 0.487. The van der Waals surface area contributed by atoms with Crippen LogP contribution in [0.4, 0.5) is 5.69 Å². The molecule has 6 nitrogen and oxygen atoms in total. The van der Waals surface area contributed by atoms with Gasteiger partial charge in [-0.1, -0.05) is 11.6 Å². The molecule has 0 N–H and O–H groups in total. The molecule has 1 aliphatic rings. The van der Waals surface area contributed by atoms with Crippen molar-refractivity contribution in [2.45, 2.75) is 18.9 Å². The zero-order valence-electron chi connectivity index (χ0n) is 11.0. The summed E-state index contributed by atoms with van der Waals surface area (Å²) in [5, 5.41) is 10.6. The highest BCUT2D eigenvalue weighted by molar-refractivity contribution is 6.33. The molecule has 1 heterocycles. The van der Waals surface area contributed by atoms with E-state index in [9.17, 15) is 14.9 Å². The van der Waals surface area contributed by atoms with Crippen molar-refractivity contribution < 1.29 is 14.5 Å². The topological polar surface area (TPSA) is 72.7 Å². The summed E-state index contributed by atoms with van der Waals surface area (Å²) < 4.78 is 5.39. The van der Waals surface area contributed by atoms with Gasteiger partial charge < -0.3 is 9.64 Å². The number of benzene rings is 1. The first-order valence-corrected chi connectivity index (χ1v) is 6.68. The zero-order valence-corrected chi connectivity index (χ0v) is 11.8. The first-order valence-electron chi connectivity index (χ1n) is 6.31. The van der Waals surface area contributed by atoms with E-state index in [4.69, 9.17) is 16.3 Å². The maximum atomic E-state index is 12.0. The second kappa shape index (κ2) is 6.19. The van der Waals surface area contributed by atoms with Crippen molar-refractivity contribution in [3.63, 3.8) is 0 Å². The Hall–Kier alpha value is -1.66. The third kappa shape index (κ3) is 3.46. The highest BCUT2D eigenvalue weighted by Crippen LogP contribution is 2.25. The number of carbonyl (C=O) groups is 1. The Balaban J connectivity index is 2.02. The van der Waals surface area contributed by atoms with Crippen molar-refractivity contribution >= 4 is 23.3 Å². The zero-order chi connectivity index (χ0) is 14.7. The van der Waals surface area contributed by atoms with Gasteiger partial charge in [0.25, 0.3) is 5.69 Å². The molecule has 1 saturated heterocycles. The summed E-state index contributed by atoms with van der Waals surface area (Å²) in [6.07, 6.45) is 1.49. The molecule has 0 aliphatic carbocycles. The second-order valence-electron chi connectivity index (χ2n) is 4.83. The molecule has 1 aliphatic heterocycles. The Labute approximate surface area is 121 Å². The molecule has 20 heavy (non-hydrogen) atoms. The third-order valence-electron chi connectivity index (χ3n) is 3.32. The highest BCUT2D eigenvalue weighted by Gasteiger charge is 2.22. The minimum absolute atomic E-state index is 0.0622. The number of esters is 1. The molecule has 2 rings (SSSR count). The lowest BCUT2D eigenvalue weighted by molar-refractivity contribution is -0.384. The molecule has 1 fully saturated rings. The normalized spacial score (nSPS) is 16.9. The van der Waals surface area contributed by atoms with E-state index in [-0.39, 0.29) is 22.4 Å². The van der Waals surface area contributed by atoms with E-state index in [1.54, 1.807) is 0 Å². The van der Waals surface area contributed by atoms with E-state index in [1.807, 2.05) is 7.05 Å². The lowest BCUT2D eigenvalue weighted by atomic mass is 10.1. The largest absolute Gasteiger partial charge is 0.459 e. The van der Waals surface area contributed by atoms with Crippen LogP contribution in [0.5, 0.6) is 0 Å². The van der Waals surface area contributed by atoms with Crippen molar-refractivity contribution in [2.75, 3.05) is 20.1 Å². The number of hydrogen-bond acceptors (Lipinski definition) is 5. The Morgan fingerprint density at radius 3 is 2.65 bits per heavy atom. The van der Waals surface area contributed by atoms with Gasteiger partial charge in [-0.25, -0.2) is 4.79 Å². The van der Waals surface area contributed by atoms with E-state index in [2.05, 4.69) is 4.90 Å². The van der Waals surface area contributed by atoms with Gasteiger partial charge in [-0.3, -0.25) is 10.1 Å². The number of nitrogens with zero attached hydrogens (tertiary/aromatic N) is 2. The fraction of sp³-hybridized carbons (Fsp3) is 0.462. The smallest absolute Gasteiger partial charge is 0.338 e. The Bertz CT molecular complexity index is 527. The summed E-state index contributed by atoms with van der Waals surface area (Å²) in [6.45, 7) is 1.78. The molecule has 0 radical (unpaired) electrons. The molecule has 0 atom stereocenters. The molecular formula is C13H15ClN2O4. The van der Waals surface area contributed by atoms with Gasteiger partial charge in [0.1, 0.15) is 11.1 Å². The Morgan fingerprint density at radius 1 is 1.45 bits per heavy atom. The van der Waals surface area contributed by atoms with Gasteiger partial charge in [0.15, 0.2) is 0 Å². The molecule has 1 aromatic rings. The van der Waals surface area contributed by atoms with Crippen LogP contribution in [0.25, 0.3) is 0 Å². The average Bonchev–Trinajstić information content (AvgIpc) is 2.40. The molecule has 0 unspecified atom stereocenters. The number of nitro benzene ring substituents is 1. The van der Waals surface area contributed by atoms with Crippen molar-refractivity contribution in [1.82, 2.24) is 4.90 Å². The number of piperidine rings is 1. The summed E-state index contributed by atoms with van der Waals surface area (Å²) in [7, 11) is 2.02. The summed E-state index contributed by atoms with van der Waals surface area (Å²) in [5.74, 6) is -0.489. The molecule has 0 amide bonds. The van der Waals surface area contributed by atoms with E-state index in [1.165, 1.54) is 18.2 Å². The van der Waals surface area contributed by atoms with Crippen molar-refractivity contribution in [3.05, 3.63) is 38.9 Å². The minimum atomic E-state index is -0.589. The maximum absolute atomic E-state index is 12.0. The SMILES string of the molecule is CN1CCC(OC(=O)c2ccc([N+](=O)[O-])c(Cl)c2)CC1. The molecule has 0 saturated carbocycles. The first kappa shape index (κ1) is 14.7. The van der Waals surface area contributed by atoms with E-state index < -0.39 is 10.9 Å². The second-order valence-corrected chi connectivity index (χ2v) is 5.24. The number of carbonyl (C=O) groups excluding carboxylic acids is 1. The van der Waals surface area contributed by atoms with Crippen LogP contribution in [0.1, 0.15) is 23.2 Å². The minimum Gasteiger partial charge on any atom is -0.459 e. The molecule has 108 valence electrons. The lowest BCUT2D eigenvalue weighted by Gasteiger charge is -2.28. The van der Waals surface area contributed by atoms with Crippen LogP contribution in [0, 0.1) is 10.1 Å². The number of rotatable bonds is 3. The fourth-order valence-electron chi connectivity index (χ4n) is 2.10. The van der Waals surface area contributed by atoms with Crippen LogP contribution in [0.15, 0.2) is 18.2 Å². The van der Waals surface area contributed by atoms with Gasteiger partial charge in [-0.2, -0.15) is 0 Å². The number of hydrogen-bond donors (Lipinski definition) is 0. The third-order valence-corrected chi connectivity index (χ3v) is 3.62. The van der Waals surface area contributed by atoms with Crippen LogP contribution in [-0.4, -0.2) is 42.0 Å². The maximum Gasteiger partial charge on any atom is 0.338 e. The molecule has 1 aromatic carbocycles.